The molecule has 4 nitrogen and oxygen atoms in total. The van der Waals surface area contributed by atoms with E-state index in [0.717, 1.165) is 30.0 Å². The Balaban J connectivity index is 1.90. The van der Waals surface area contributed by atoms with Crippen molar-refractivity contribution in [1.29, 1.82) is 0 Å². The molecule has 1 aliphatic rings. The molecule has 21 heavy (non-hydrogen) atoms. The summed E-state index contributed by atoms with van der Waals surface area (Å²) in [4.78, 5) is 14.6. The van der Waals surface area contributed by atoms with E-state index >= 15 is 0 Å². The van der Waals surface area contributed by atoms with E-state index in [0.29, 0.717) is 17.7 Å². The molecule has 1 aliphatic carbocycles. The van der Waals surface area contributed by atoms with E-state index in [-0.39, 0.29) is 0 Å². The van der Waals surface area contributed by atoms with E-state index in [9.17, 15) is 0 Å². The summed E-state index contributed by atoms with van der Waals surface area (Å²) in [6.45, 7) is 2.15. The van der Waals surface area contributed by atoms with Crippen LogP contribution >= 0.6 is 11.8 Å². The van der Waals surface area contributed by atoms with Gasteiger partial charge in [0.15, 0.2) is 5.82 Å². The fourth-order valence-electron chi connectivity index (χ4n) is 2.77. The molecule has 0 aliphatic heterocycles. The van der Waals surface area contributed by atoms with E-state index in [1.807, 2.05) is 11.8 Å². The van der Waals surface area contributed by atoms with Crippen molar-refractivity contribution in [3.63, 3.8) is 0 Å². The van der Waals surface area contributed by atoms with Gasteiger partial charge in [-0.1, -0.05) is 31.9 Å². The SMILES string of the molecule is CCSc1ccc(-c2nc(N)nc(C3CCCC3)n2)cc1. The molecule has 1 heterocycles. The zero-order valence-corrected chi connectivity index (χ0v) is 13.1. The molecule has 0 radical (unpaired) electrons. The second-order valence-corrected chi connectivity index (χ2v) is 6.65. The molecule has 1 fully saturated rings. The van der Waals surface area contributed by atoms with Gasteiger partial charge in [0.1, 0.15) is 5.82 Å². The first-order chi connectivity index (χ1) is 10.3. The standard InChI is InChI=1S/C16H20N4S/c1-2-21-13-9-7-12(8-10-13)15-18-14(19-16(17)20-15)11-5-3-4-6-11/h7-11H,2-6H2,1H3,(H2,17,18,19,20). The summed E-state index contributed by atoms with van der Waals surface area (Å²) in [5.41, 5.74) is 6.88. The molecule has 0 amide bonds. The Morgan fingerprint density at radius 1 is 1.10 bits per heavy atom. The molecule has 1 aromatic heterocycles. The predicted molar refractivity (Wildman–Crippen MR) is 87.3 cm³/mol. The second kappa shape index (κ2) is 6.43. The fourth-order valence-corrected chi connectivity index (χ4v) is 3.43. The van der Waals surface area contributed by atoms with Gasteiger partial charge in [-0.3, -0.25) is 0 Å². The van der Waals surface area contributed by atoms with Gasteiger partial charge < -0.3 is 5.73 Å². The van der Waals surface area contributed by atoms with Gasteiger partial charge in [0.05, 0.1) is 0 Å². The third-order valence-electron chi connectivity index (χ3n) is 3.81. The summed E-state index contributed by atoms with van der Waals surface area (Å²) in [5.74, 6) is 3.40. The quantitative estimate of drug-likeness (QED) is 0.868. The molecule has 110 valence electrons. The maximum atomic E-state index is 5.88. The van der Waals surface area contributed by atoms with Crippen LogP contribution < -0.4 is 5.73 Å². The van der Waals surface area contributed by atoms with E-state index in [2.05, 4.69) is 46.1 Å². The van der Waals surface area contributed by atoms with Crippen molar-refractivity contribution in [3.05, 3.63) is 30.1 Å². The molecule has 2 N–H and O–H groups in total. The number of nitrogens with zero attached hydrogens (tertiary/aromatic N) is 3. The fraction of sp³-hybridized carbons (Fsp3) is 0.438. The minimum Gasteiger partial charge on any atom is -0.368 e. The number of nitrogen functional groups attached to an aromatic ring is 1. The number of benzene rings is 1. The Labute approximate surface area is 129 Å². The van der Waals surface area contributed by atoms with Crippen molar-refractivity contribution in [2.75, 3.05) is 11.5 Å². The molecule has 0 unspecified atom stereocenters. The highest BCUT2D eigenvalue weighted by Crippen LogP contribution is 2.33. The summed E-state index contributed by atoms with van der Waals surface area (Å²) in [5, 5.41) is 0. The normalized spacial score (nSPS) is 15.5. The van der Waals surface area contributed by atoms with Gasteiger partial charge in [0.25, 0.3) is 0 Å². The lowest BCUT2D eigenvalue weighted by Crippen LogP contribution is -2.07. The van der Waals surface area contributed by atoms with E-state index in [4.69, 9.17) is 5.73 Å². The van der Waals surface area contributed by atoms with Gasteiger partial charge in [-0.25, -0.2) is 4.98 Å². The Bertz CT molecular complexity index is 606. The van der Waals surface area contributed by atoms with Crippen LogP contribution in [0.1, 0.15) is 44.3 Å². The number of hydrogen-bond donors (Lipinski definition) is 1. The lowest BCUT2D eigenvalue weighted by atomic mass is 10.1. The monoisotopic (exact) mass is 300 g/mol. The summed E-state index contributed by atoms with van der Waals surface area (Å²) >= 11 is 1.83. The van der Waals surface area contributed by atoms with Crippen LogP contribution in [0.3, 0.4) is 0 Å². The van der Waals surface area contributed by atoms with Crippen LogP contribution in [-0.2, 0) is 0 Å². The third-order valence-corrected chi connectivity index (χ3v) is 4.71. The number of rotatable bonds is 4. The van der Waals surface area contributed by atoms with Gasteiger partial charge >= 0.3 is 0 Å². The minimum absolute atomic E-state index is 0.328. The van der Waals surface area contributed by atoms with Gasteiger partial charge in [-0.15, -0.1) is 11.8 Å². The molecule has 0 saturated heterocycles. The van der Waals surface area contributed by atoms with Crippen LogP contribution in [0.5, 0.6) is 0 Å². The van der Waals surface area contributed by atoms with Crippen LogP contribution in [0.15, 0.2) is 29.2 Å². The first kappa shape index (κ1) is 14.3. The molecule has 1 saturated carbocycles. The van der Waals surface area contributed by atoms with Gasteiger partial charge in [-0.05, 0) is 30.7 Å². The summed E-state index contributed by atoms with van der Waals surface area (Å²) in [6, 6.07) is 8.34. The highest BCUT2D eigenvalue weighted by atomic mass is 32.2. The highest BCUT2D eigenvalue weighted by Gasteiger charge is 2.21. The summed E-state index contributed by atoms with van der Waals surface area (Å²) in [6.07, 6.45) is 4.84. The lowest BCUT2D eigenvalue weighted by Gasteiger charge is -2.10. The first-order valence-electron chi connectivity index (χ1n) is 7.51. The number of hydrogen-bond acceptors (Lipinski definition) is 5. The second-order valence-electron chi connectivity index (χ2n) is 5.31. The molecule has 0 atom stereocenters. The van der Waals surface area contributed by atoms with Gasteiger partial charge in [0.2, 0.25) is 5.95 Å². The molecule has 1 aromatic carbocycles. The molecular formula is C16H20N4S. The molecular weight excluding hydrogens is 280 g/mol. The highest BCUT2D eigenvalue weighted by molar-refractivity contribution is 7.99. The van der Waals surface area contributed by atoms with E-state index in [1.54, 1.807) is 0 Å². The van der Waals surface area contributed by atoms with Crippen molar-refractivity contribution < 1.29 is 0 Å². The molecule has 2 aromatic rings. The minimum atomic E-state index is 0.328. The average molecular weight is 300 g/mol. The summed E-state index contributed by atoms with van der Waals surface area (Å²) < 4.78 is 0. The maximum absolute atomic E-state index is 5.88. The zero-order chi connectivity index (χ0) is 14.7. The Kier molecular flexibility index (Phi) is 4.39. The van der Waals surface area contributed by atoms with Crippen molar-refractivity contribution >= 4 is 17.7 Å². The number of anilines is 1. The Hall–Kier alpha value is -1.62. The van der Waals surface area contributed by atoms with E-state index < -0.39 is 0 Å². The Morgan fingerprint density at radius 2 is 1.81 bits per heavy atom. The van der Waals surface area contributed by atoms with Crippen molar-refractivity contribution in [2.45, 2.75) is 43.4 Å². The topological polar surface area (TPSA) is 64.7 Å². The largest absolute Gasteiger partial charge is 0.368 e. The van der Waals surface area contributed by atoms with Gasteiger partial charge in [0, 0.05) is 16.4 Å². The van der Waals surface area contributed by atoms with Crippen LogP contribution in [0.2, 0.25) is 0 Å². The van der Waals surface area contributed by atoms with Crippen molar-refractivity contribution in [3.8, 4) is 11.4 Å². The summed E-state index contributed by atoms with van der Waals surface area (Å²) in [7, 11) is 0. The predicted octanol–water partition coefficient (Wildman–Crippen LogP) is 3.89. The maximum Gasteiger partial charge on any atom is 0.223 e. The number of thioether (sulfide) groups is 1. The van der Waals surface area contributed by atoms with Crippen LogP contribution in [0.4, 0.5) is 5.95 Å². The number of aromatic nitrogens is 3. The smallest absolute Gasteiger partial charge is 0.223 e. The molecule has 3 rings (SSSR count). The van der Waals surface area contributed by atoms with Crippen molar-refractivity contribution in [2.24, 2.45) is 0 Å². The van der Waals surface area contributed by atoms with Crippen LogP contribution in [0, 0.1) is 0 Å². The third kappa shape index (κ3) is 3.35. The first-order valence-corrected chi connectivity index (χ1v) is 8.49. The average Bonchev–Trinajstić information content (AvgIpc) is 3.02. The van der Waals surface area contributed by atoms with Crippen molar-refractivity contribution in [1.82, 2.24) is 15.0 Å². The zero-order valence-electron chi connectivity index (χ0n) is 12.2. The van der Waals surface area contributed by atoms with Crippen LogP contribution in [-0.4, -0.2) is 20.7 Å². The lowest BCUT2D eigenvalue weighted by molar-refractivity contribution is 0.665. The van der Waals surface area contributed by atoms with E-state index in [1.165, 1.54) is 17.7 Å². The number of nitrogens with two attached hydrogens (primary N) is 1. The molecule has 0 bridgehead atoms. The molecule has 0 spiro atoms. The Morgan fingerprint density at radius 3 is 2.48 bits per heavy atom. The molecule has 5 heteroatoms. The van der Waals surface area contributed by atoms with Crippen LogP contribution in [0.25, 0.3) is 11.4 Å². The van der Waals surface area contributed by atoms with Gasteiger partial charge in [-0.2, -0.15) is 9.97 Å².